The number of aliphatic hydroxyl groups excluding tert-OH is 1. The summed E-state index contributed by atoms with van der Waals surface area (Å²) in [5.41, 5.74) is -0.535. The number of aliphatic imine (C=N–C) groups is 1. The second-order valence-electron chi connectivity index (χ2n) is 8.19. The molecule has 2 N–H and O–H groups in total. The van der Waals surface area contributed by atoms with Crippen molar-refractivity contribution >= 4 is 33.2 Å². The zero-order valence-electron chi connectivity index (χ0n) is 16.9. The van der Waals surface area contributed by atoms with Gasteiger partial charge in [0.05, 0.1) is 24.4 Å². The summed E-state index contributed by atoms with van der Waals surface area (Å²) in [6, 6.07) is 3.26. The van der Waals surface area contributed by atoms with E-state index in [2.05, 4.69) is 15.2 Å². The minimum Gasteiger partial charge on any atom is -0.444 e. The van der Waals surface area contributed by atoms with Gasteiger partial charge >= 0.3 is 6.09 Å². The summed E-state index contributed by atoms with van der Waals surface area (Å²) in [4.78, 5) is 20.5. The molecule has 0 radical (unpaired) electrons. The Hall–Kier alpha value is -1.85. The van der Waals surface area contributed by atoms with Crippen molar-refractivity contribution < 1.29 is 23.1 Å². The third-order valence-electron chi connectivity index (χ3n) is 4.57. The van der Waals surface area contributed by atoms with Crippen LogP contribution in [0.3, 0.4) is 0 Å². The summed E-state index contributed by atoms with van der Waals surface area (Å²) in [6.07, 6.45) is -1.38. The van der Waals surface area contributed by atoms with E-state index in [9.17, 15) is 18.3 Å². The first kappa shape index (κ1) is 21.8. The molecule has 1 aromatic heterocycles. The van der Waals surface area contributed by atoms with Crippen LogP contribution in [0.2, 0.25) is 0 Å². The van der Waals surface area contributed by atoms with Crippen molar-refractivity contribution in [3.63, 3.8) is 0 Å². The van der Waals surface area contributed by atoms with E-state index in [1.165, 1.54) is 6.07 Å². The van der Waals surface area contributed by atoms with Crippen molar-refractivity contribution in [2.24, 2.45) is 4.99 Å². The van der Waals surface area contributed by atoms with Gasteiger partial charge in [0.1, 0.15) is 9.81 Å². The number of hydrogen-bond acceptors (Lipinski definition) is 9. The van der Waals surface area contributed by atoms with E-state index < -0.39 is 21.5 Å². The number of piperazine rings is 1. The normalized spacial score (nSPS) is 20.8. The van der Waals surface area contributed by atoms with E-state index in [0.29, 0.717) is 32.1 Å². The number of guanidine groups is 1. The van der Waals surface area contributed by atoms with Crippen LogP contribution in [0.15, 0.2) is 26.7 Å². The summed E-state index contributed by atoms with van der Waals surface area (Å²) >= 11 is 1.14. The number of thiophene rings is 1. The molecule has 1 aromatic rings. The number of aliphatic hydroxyl groups is 1. The zero-order valence-corrected chi connectivity index (χ0v) is 18.5. The summed E-state index contributed by atoms with van der Waals surface area (Å²) in [7, 11) is -3.50. The van der Waals surface area contributed by atoms with E-state index in [1.54, 1.807) is 16.3 Å². The lowest BCUT2D eigenvalue weighted by Gasteiger charge is -2.39. The molecule has 1 amide bonds. The second kappa shape index (κ2) is 8.49. The van der Waals surface area contributed by atoms with Crippen molar-refractivity contribution in [2.75, 3.05) is 38.5 Å². The monoisotopic (exact) mass is 444 g/mol. The Morgan fingerprint density at radius 3 is 2.86 bits per heavy atom. The van der Waals surface area contributed by atoms with Crippen molar-refractivity contribution in [2.45, 2.75) is 42.7 Å². The van der Waals surface area contributed by atoms with Gasteiger partial charge in [-0.1, -0.05) is 6.07 Å². The Bertz CT molecular complexity index is 848. The van der Waals surface area contributed by atoms with Crippen molar-refractivity contribution in [3.05, 3.63) is 17.5 Å². The molecule has 1 fully saturated rings. The molecule has 9 nitrogen and oxygen atoms in total. The van der Waals surface area contributed by atoms with Crippen molar-refractivity contribution in [3.8, 4) is 0 Å². The van der Waals surface area contributed by atoms with Gasteiger partial charge in [-0.05, 0) is 32.2 Å². The van der Waals surface area contributed by atoms with Crippen LogP contribution in [0.5, 0.6) is 0 Å². The number of carbonyl (C=O) groups is 1. The number of ether oxygens (including phenoxy) is 1. The smallest absolute Gasteiger partial charge is 0.410 e. The standard InChI is InChI=1S/C18H28N4O5S2/c1-18(2,3)27-17(24)21-6-7-22-13(11-21)9-19-16(22)20-10-14(23)12-29(25,26)15-5-4-8-28-15/h4-5,8,13-14,23H,6-7,9-12H2,1-3H3,(H,19,20). The number of rotatable bonds is 5. The first-order valence-corrected chi connectivity index (χ1v) is 12.1. The third kappa shape index (κ3) is 5.61. The van der Waals surface area contributed by atoms with Crippen LogP contribution in [0.1, 0.15) is 20.8 Å². The Morgan fingerprint density at radius 2 is 2.21 bits per heavy atom. The van der Waals surface area contributed by atoms with E-state index in [4.69, 9.17) is 4.74 Å². The van der Waals surface area contributed by atoms with E-state index in [1.807, 2.05) is 20.8 Å². The molecule has 0 saturated carbocycles. The van der Waals surface area contributed by atoms with Gasteiger partial charge in [0, 0.05) is 26.2 Å². The molecule has 2 atom stereocenters. The van der Waals surface area contributed by atoms with Crippen molar-refractivity contribution in [1.82, 2.24) is 15.1 Å². The SMILES string of the molecule is CC(C)(C)OC(=O)N1CCN2C(NCC(O)CS(=O)(=O)c3cccs3)=NCC2C1. The summed E-state index contributed by atoms with van der Waals surface area (Å²) in [5.74, 6) is 0.287. The Kier molecular flexibility index (Phi) is 6.39. The Balaban J connectivity index is 1.48. The van der Waals surface area contributed by atoms with Crippen LogP contribution in [0.4, 0.5) is 4.79 Å². The van der Waals surface area contributed by atoms with Crippen LogP contribution in [0, 0.1) is 0 Å². The fraction of sp³-hybridized carbons (Fsp3) is 0.667. The zero-order chi connectivity index (χ0) is 21.2. The quantitative estimate of drug-likeness (QED) is 0.690. The number of nitrogens with one attached hydrogen (secondary N) is 1. The van der Waals surface area contributed by atoms with Crippen LogP contribution >= 0.6 is 11.3 Å². The molecule has 0 bridgehead atoms. The van der Waals surface area contributed by atoms with Crippen LogP contribution in [-0.4, -0.2) is 91.6 Å². The van der Waals surface area contributed by atoms with E-state index in [-0.39, 0.29) is 28.6 Å². The van der Waals surface area contributed by atoms with Gasteiger partial charge in [-0.25, -0.2) is 13.2 Å². The predicted molar refractivity (Wildman–Crippen MR) is 111 cm³/mol. The molecule has 162 valence electrons. The molecule has 2 unspecified atom stereocenters. The topological polar surface area (TPSA) is 112 Å². The average Bonchev–Trinajstić information content (AvgIpc) is 3.28. The number of nitrogens with zero attached hydrogens (tertiary/aromatic N) is 3. The first-order valence-electron chi connectivity index (χ1n) is 9.52. The molecule has 0 aliphatic carbocycles. The lowest BCUT2D eigenvalue weighted by Crippen LogP contribution is -2.58. The lowest BCUT2D eigenvalue weighted by molar-refractivity contribution is 0.0137. The lowest BCUT2D eigenvalue weighted by atomic mass is 10.2. The Labute approximate surface area is 175 Å². The highest BCUT2D eigenvalue weighted by Crippen LogP contribution is 2.20. The highest BCUT2D eigenvalue weighted by molar-refractivity contribution is 7.93. The number of sulfone groups is 1. The molecule has 2 aliphatic rings. The second-order valence-corrected chi connectivity index (χ2v) is 11.4. The van der Waals surface area contributed by atoms with E-state index >= 15 is 0 Å². The fourth-order valence-corrected chi connectivity index (χ4v) is 5.75. The number of amides is 1. The maximum atomic E-state index is 12.3. The Morgan fingerprint density at radius 1 is 1.45 bits per heavy atom. The summed E-state index contributed by atoms with van der Waals surface area (Å²) < 4.78 is 30.2. The molecule has 1 saturated heterocycles. The number of fused-ring (bicyclic) bond motifs is 1. The predicted octanol–water partition coefficient (Wildman–Crippen LogP) is 0.763. The highest BCUT2D eigenvalue weighted by Gasteiger charge is 2.36. The van der Waals surface area contributed by atoms with Gasteiger partial charge in [0.2, 0.25) is 0 Å². The van der Waals surface area contributed by atoms with Crippen LogP contribution in [0.25, 0.3) is 0 Å². The van der Waals surface area contributed by atoms with Gasteiger partial charge in [-0.2, -0.15) is 0 Å². The number of hydrogen-bond donors (Lipinski definition) is 2. The maximum absolute atomic E-state index is 12.3. The number of carbonyl (C=O) groups excluding carboxylic acids is 1. The van der Waals surface area contributed by atoms with Gasteiger partial charge in [0.15, 0.2) is 15.8 Å². The largest absolute Gasteiger partial charge is 0.444 e. The van der Waals surface area contributed by atoms with Crippen molar-refractivity contribution in [1.29, 1.82) is 0 Å². The van der Waals surface area contributed by atoms with Gasteiger partial charge in [-0.15, -0.1) is 11.3 Å². The van der Waals surface area contributed by atoms with Crippen LogP contribution < -0.4 is 5.32 Å². The minimum absolute atomic E-state index is 0.0470. The molecule has 0 aromatic carbocycles. The van der Waals surface area contributed by atoms with Gasteiger partial charge in [0.25, 0.3) is 0 Å². The molecule has 29 heavy (non-hydrogen) atoms. The van der Waals surface area contributed by atoms with Gasteiger partial charge in [-0.3, -0.25) is 4.99 Å². The highest BCUT2D eigenvalue weighted by atomic mass is 32.2. The molecular weight excluding hydrogens is 416 g/mol. The molecule has 11 heteroatoms. The minimum atomic E-state index is -3.50. The van der Waals surface area contributed by atoms with E-state index in [0.717, 1.165) is 11.3 Å². The van der Waals surface area contributed by atoms with Gasteiger partial charge < -0.3 is 25.0 Å². The molecule has 3 rings (SSSR count). The third-order valence-corrected chi connectivity index (χ3v) is 7.85. The summed E-state index contributed by atoms with van der Waals surface area (Å²) in [6.45, 7) is 7.76. The maximum Gasteiger partial charge on any atom is 0.410 e. The fourth-order valence-electron chi connectivity index (χ4n) is 3.27. The first-order chi connectivity index (χ1) is 13.5. The molecule has 2 aliphatic heterocycles. The van der Waals surface area contributed by atoms with Crippen LogP contribution in [-0.2, 0) is 14.6 Å². The molecule has 0 spiro atoms. The molecule has 3 heterocycles. The molecular formula is C18H28N4O5S2. The average molecular weight is 445 g/mol. The summed E-state index contributed by atoms with van der Waals surface area (Å²) in [5, 5.41) is 14.9.